The molecule has 0 saturated carbocycles. The molecule has 0 radical (unpaired) electrons. The van der Waals surface area contributed by atoms with Gasteiger partial charge in [-0.3, -0.25) is 4.98 Å². The minimum Gasteiger partial charge on any atom is -0.411 e. The van der Waals surface area contributed by atoms with Crippen molar-refractivity contribution in [1.29, 1.82) is 0 Å². The van der Waals surface area contributed by atoms with Gasteiger partial charge in [0.15, 0.2) is 0 Å². The van der Waals surface area contributed by atoms with Crippen LogP contribution < -0.4 is 0 Å². The van der Waals surface area contributed by atoms with Crippen LogP contribution in [0.3, 0.4) is 0 Å². The summed E-state index contributed by atoms with van der Waals surface area (Å²) in [5, 5.41) is 12.0. The predicted molar refractivity (Wildman–Crippen MR) is 60.0 cm³/mol. The van der Waals surface area contributed by atoms with Crippen LogP contribution >= 0.6 is 0 Å². The van der Waals surface area contributed by atoms with Gasteiger partial charge in [-0.2, -0.15) is 0 Å². The average molecular weight is 202 g/mol. The van der Waals surface area contributed by atoms with Gasteiger partial charge in [-0.1, -0.05) is 11.2 Å². The topological polar surface area (TPSA) is 45.5 Å². The first-order valence-corrected chi connectivity index (χ1v) is 5.14. The average Bonchev–Trinajstić information content (AvgIpc) is 2.30. The van der Waals surface area contributed by atoms with E-state index in [9.17, 15) is 0 Å². The maximum atomic E-state index is 8.73. The van der Waals surface area contributed by atoms with E-state index in [1.54, 1.807) is 0 Å². The molecule has 0 fully saturated rings. The van der Waals surface area contributed by atoms with Crippen LogP contribution in [0.25, 0.3) is 5.57 Å². The number of hydrogen-bond donors (Lipinski definition) is 1. The zero-order valence-electron chi connectivity index (χ0n) is 8.77. The molecule has 1 aromatic rings. The van der Waals surface area contributed by atoms with E-state index in [2.05, 4.69) is 16.2 Å². The number of rotatable bonds is 1. The maximum absolute atomic E-state index is 8.73. The van der Waals surface area contributed by atoms with Crippen LogP contribution in [0.4, 0.5) is 0 Å². The number of aromatic nitrogens is 1. The SMILES string of the molecule is Cc1ccc(C2=C/C(=N/O)CCC2)cn1. The lowest BCUT2D eigenvalue weighted by Gasteiger charge is -2.13. The van der Waals surface area contributed by atoms with E-state index in [1.165, 1.54) is 5.57 Å². The molecule has 0 spiro atoms. The number of nitrogens with zero attached hydrogens (tertiary/aromatic N) is 2. The minimum atomic E-state index is 0.761. The van der Waals surface area contributed by atoms with Crippen molar-refractivity contribution in [2.75, 3.05) is 0 Å². The van der Waals surface area contributed by atoms with Crippen molar-refractivity contribution in [1.82, 2.24) is 4.98 Å². The van der Waals surface area contributed by atoms with Crippen molar-refractivity contribution >= 4 is 11.3 Å². The lowest BCUT2D eigenvalue weighted by atomic mass is 9.93. The summed E-state index contributed by atoms with van der Waals surface area (Å²) in [5.74, 6) is 0. The summed E-state index contributed by atoms with van der Waals surface area (Å²) in [7, 11) is 0. The van der Waals surface area contributed by atoms with E-state index in [-0.39, 0.29) is 0 Å². The molecule has 1 aromatic heterocycles. The van der Waals surface area contributed by atoms with Crippen molar-refractivity contribution in [3.05, 3.63) is 35.7 Å². The molecule has 0 aromatic carbocycles. The highest BCUT2D eigenvalue weighted by atomic mass is 16.4. The first kappa shape index (κ1) is 9.90. The van der Waals surface area contributed by atoms with E-state index < -0.39 is 0 Å². The molecular weight excluding hydrogens is 188 g/mol. The van der Waals surface area contributed by atoms with Gasteiger partial charge in [0, 0.05) is 11.9 Å². The first-order chi connectivity index (χ1) is 7.29. The van der Waals surface area contributed by atoms with E-state index in [1.807, 2.05) is 25.3 Å². The van der Waals surface area contributed by atoms with E-state index in [0.717, 1.165) is 36.2 Å². The second kappa shape index (κ2) is 4.26. The van der Waals surface area contributed by atoms with Crippen LogP contribution in [0.1, 0.15) is 30.5 Å². The maximum Gasteiger partial charge on any atom is 0.0798 e. The monoisotopic (exact) mass is 202 g/mol. The zero-order chi connectivity index (χ0) is 10.7. The Hall–Kier alpha value is -1.64. The third kappa shape index (κ3) is 2.24. The number of oxime groups is 1. The molecular formula is C12H14N2O. The molecule has 0 atom stereocenters. The summed E-state index contributed by atoms with van der Waals surface area (Å²) in [4.78, 5) is 4.26. The predicted octanol–water partition coefficient (Wildman–Crippen LogP) is 2.79. The van der Waals surface area contributed by atoms with Crippen molar-refractivity contribution in [2.24, 2.45) is 5.16 Å². The van der Waals surface area contributed by atoms with Crippen molar-refractivity contribution in [2.45, 2.75) is 26.2 Å². The molecule has 0 amide bonds. The number of pyridine rings is 1. The molecule has 2 rings (SSSR count). The van der Waals surface area contributed by atoms with Crippen LogP contribution in [-0.2, 0) is 0 Å². The number of allylic oxidation sites excluding steroid dienone is 2. The molecule has 1 aliphatic rings. The molecule has 0 unspecified atom stereocenters. The smallest absolute Gasteiger partial charge is 0.0798 e. The fourth-order valence-corrected chi connectivity index (χ4v) is 1.77. The van der Waals surface area contributed by atoms with Crippen molar-refractivity contribution in [3.8, 4) is 0 Å². The van der Waals surface area contributed by atoms with Crippen LogP contribution in [-0.4, -0.2) is 15.9 Å². The Balaban J connectivity index is 2.30. The van der Waals surface area contributed by atoms with Crippen molar-refractivity contribution in [3.63, 3.8) is 0 Å². The van der Waals surface area contributed by atoms with E-state index in [0.29, 0.717) is 0 Å². The third-order valence-corrected chi connectivity index (χ3v) is 2.63. The fraction of sp³-hybridized carbons (Fsp3) is 0.333. The van der Waals surface area contributed by atoms with Crippen LogP contribution in [0.5, 0.6) is 0 Å². The highest BCUT2D eigenvalue weighted by molar-refractivity contribution is 6.01. The second-order valence-corrected chi connectivity index (χ2v) is 3.80. The summed E-state index contributed by atoms with van der Waals surface area (Å²) < 4.78 is 0. The van der Waals surface area contributed by atoms with E-state index >= 15 is 0 Å². The molecule has 1 heterocycles. The molecule has 0 saturated heterocycles. The molecule has 1 N–H and O–H groups in total. The molecule has 3 nitrogen and oxygen atoms in total. The Labute approximate surface area is 89.2 Å². The van der Waals surface area contributed by atoms with Gasteiger partial charge in [0.1, 0.15) is 0 Å². The highest BCUT2D eigenvalue weighted by Crippen LogP contribution is 2.25. The quantitative estimate of drug-likeness (QED) is 0.562. The third-order valence-electron chi connectivity index (χ3n) is 2.63. The standard InChI is InChI=1S/C12H14N2O/c1-9-5-6-11(8-13-9)10-3-2-4-12(7-10)14-15/h5-8,15H,2-4H2,1H3/b14-12+. The normalized spacial score (nSPS) is 19.0. The molecule has 0 aliphatic heterocycles. The van der Waals surface area contributed by atoms with Gasteiger partial charge < -0.3 is 5.21 Å². The summed E-state index contributed by atoms with van der Waals surface area (Å²) in [6, 6.07) is 4.06. The molecule has 3 heteroatoms. The lowest BCUT2D eigenvalue weighted by molar-refractivity contribution is 0.318. The van der Waals surface area contributed by atoms with Gasteiger partial charge in [0.05, 0.1) is 5.71 Å². The Kier molecular flexibility index (Phi) is 2.81. The number of aryl methyl sites for hydroxylation is 1. The zero-order valence-corrected chi connectivity index (χ0v) is 8.77. The Bertz CT molecular complexity index is 404. The van der Waals surface area contributed by atoms with Gasteiger partial charge >= 0.3 is 0 Å². The van der Waals surface area contributed by atoms with Crippen molar-refractivity contribution < 1.29 is 5.21 Å². The molecule has 15 heavy (non-hydrogen) atoms. The summed E-state index contributed by atoms with van der Waals surface area (Å²) in [5.41, 5.74) is 4.12. The Morgan fingerprint density at radius 3 is 2.87 bits per heavy atom. The van der Waals surface area contributed by atoms with Gasteiger partial charge in [-0.05, 0) is 49.5 Å². The number of hydrogen-bond acceptors (Lipinski definition) is 3. The molecule has 1 aliphatic carbocycles. The second-order valence-electron chi connectivity index (χ2n) is 3.80. The van der Waals surface area contributed by atoms with Gasteiger partial charge in [0.25, 0.3) is 0 Å². The summed E-state index contributed by atoms with van der Waals surface area (Å²) in [6.45, 7) is 1.97. The fourth-order valence-electron chi connectivity index (χ4n) is 1.77. The Morgan fingerprint density at radius 1 is 1.33 bits per heavy atom. The van der Waals surface area contributed by atoms with Gasteiger partial charge in [-0.15, -0.1) is 0 Å². The van der Waals surface area contributed by atoms with Crippen LogP contribution in [0.15, 0.2) is 29.6 Å². The Morgan fingerprint density at radius 2 is 2.20 bits per heavy atom. The molecule has 0 bridgehead atoms. The van der Waals surface area contributed by atoms with E-state index in [4.69, 9.17) is 5.21 Å². The lowest BCUT2D eigenvalue weighted by Crippen LogP contribution is -2.03. The van der Waals surface area contributed by atoms with Gasteiger partial charge in [-0.25, -0.2) is 0 Å². The van der Waals surface area contributed by atoms with Crippen LogP contribution in [0.2, 0.25) is 0 Å². The van der Waals surface area contributed by atoms with Gasteiger partial charge in [0.2, 0.25) is 0 Å². The van der Waals surface area contributed by atoms with Crippen LogP contribution in [0, 0.1) is 6.92 Å². The molecule has 78 valence electrons. The minimum absolute atomic E-state index is 0.761. The largest absolute Gasteiger partial charge is 0.411 e. The summed E-state index contributed by atoms with van der Waals surface area (Å²) in [6.07, 6.45) is 6.76. The first-order valence-electron chi connectivity index (χ1n) is 5.14. The summed E-state index contributed by atoms with van der Waals surface area (Å²) >= 11 is 0. The highest BCUT2D eigenvalue weighted by Gasteiger charge is 2.10.